The predicted octanol–water partition coefficient (Wildman–Crippen LogP) is 6.49. The van der Waals surface area contributed by atoms with Crippen LogP contribution in [0.15, 0.2) is 103 Å². The van der Waals surface area contributed by atoms with Crippen LogP contribution in [0.5, 0.6) is 0 Å². The van der Waals surface area contributed by atoms with Gasteiger partial charge in [-0.15, -0.1) is 0 Å². The van der Waals surface area contributed by atoms with Gasteiger partial charge in [-0.3, -0.25) is 0 Å². The van der Waals surface area contributed by atoms with Crippen molar-refractivity contribution in [3.63, 3.8) is 0 Å². The molecular formula is C24H17. The molecule has 4 aromatic rings. The standard InChI is InChI=1S/C24H17/c1-3-7-19(8-4-1)21-11-15-23(16-12-21)24-17-13-22(14-18-24)20-9-5-2-6-10-20/h1-17H. The molecule has 1 radical (unpaired) electrons. The molecule has 24 heavy (non-hydrogen) atoms. The zero-order chi connectivity index (χ0) is 16.2. The fourth-order valence-electron chi connectivity index (χ4n) is 2.89. The van der Waals surface area contributed by atoms with E-state index in [0.717, 1.165) is 5.56 Å². The second-order valence-corrected chi connectivity index (χ2v) is 5.80. The molecule has 0 saturated heterocycles. The third kappa shape index (κ3) is 3.00. The summed E-state index contributed by atoms with van der Waals surface area (Å²) >= 11 is 0. The molecule has 0 unspecified atom stereocenters. The van der Waals surface area contributed by atoms with Crippen molar-refractivity contribution in [1.82, 2.24) is 0 Å². The first-order valence-corrected chi connectivity index (χ1v) is 8.13. The molecule has 0 aliphatic heterocycles. The third-order valence-corrected chi connectivity index (χ3v) is 4.22. The Labute approximate surface area is 143 Å². The first kappa shape index (κ1) is 14.5. The average Bonchev–Trinajstić information content (AvgIpc) is 2.70. The molecular weight excluding hydrogens is 288 g/mol. The van der Waals surface area contributed by atoms with E-state index in [1.54, 1.807) is 0 Å². The predicted molar refractivity (Wildman–Crippen MR) is 102 cm³/mol. The molecule has 0 amide bonds. The molecule has 0 atom stereocenters. The van der Waals surface area contributed by atoms with Crippen LogP contribution in [0.3, 0.4) is 0 Å². The summed E-state index contributed by atoms with van der Waals surface area (Å²) in [4.78, 5) is 0. The summed E-state index contributed by atoms with van der Waals surface area (Å²) in [5.41, 5.74) is 7.20. The van der Waals surface area contributed by atoms with E-state index >= 15 is 0 Å². The van der Waals surface area contributed by atoms with Crippen molar-refractivity contribution in [1.29, 1.82) is 0 Å². The maximum absolute atomic E-state index is 3.41. The molecule has 0 saturated carbocycles. The minimum atomic E-state index is 1.12. The van der Waals surface area contributed by atoms with E-state index in [9.17, 15) is 0 Å². The van der Waals surface area contributed by atoms with Gasteiger partial charge in [-0.25, -0.2) is 0 Å². The lowest BCUT2D eigenvalue weighted by atomic mass is 9.98. The topological polar surface area (TPSA) is 0 Å². The Morgan fingerprint density at radius 1 is 0.375 bits per heavy atom. The highest BCUT2D eigenvalue weighted by molar-refractivity contribution is 5.72. The first-order valence-electron chi connectivity index (χ1n) is 8.13. The molecule has 0 aromatic heterocycles. The number of hydrogen-bond donors (Lipinski definition) is 0. The Bertz CT molecular complexity index is 822. The zero-order valence-corrected chi connectivity index (χ0v) is 13.3. The SMILES string of the molecule is [c]1cc(-c2ccccc2)ccc1-c1ccc(-c2ccccc2)cc1. The number of rotatable bonds is 3. The lowest BCUT2D eigenvalue weighted by Crippen LogP contribution is -1.82. The molecule has 0 spiro atoms. The second kappa shape index (κ2) is 6.55. The van der Waals surface area contributed by atoms with Crippen molar-refractivity contribution in [2.75, 3.05) is 0 Å². The van der Waals surface area contributed by atoms with Crippen LogP contribution in [0, 0.1) is 6.07 Å². The second-order valence-electron chi connectivity index (χ2n) is 5.80. The zero-order valence-electron chi connectivity index (χ0n) is 13.3. The summed E-state index contributed by atoms with van der Waals surface area (Å²) < 4.78 is 0. The molecule has 0 nitrogen and oxygen atoms in total. The van der Waals surface area contributed by atoms with Crippen molar-refractivity contribution in [3.8, 4) is 33.4 Å². The van der Waals surface area contributed by atoms with Crippen LogP contribution in [0.1, 0.15) is 0 Å². The average molecular weight is 305 g/mol. The Morgan fingerprint density at radius 3 is 1.38 bits per heavy atom. The lowest BCUT2D eigenvalue weighted by Gasteiger charge is -2.06. The molecule has 0 heterocycles. The normalized spacial score (nSPS) is 10.5. The van der Waals surface area contributed by atoms with Crippen LogP contribution >= 0.6 is 0 Å². The largest absolute Gasteiger partial charge is 0.0622 e. The summed E-state index contributed by atoms with van der Waals surface area (Å²) in [6.07, 6.45) is 0. The van der Waals surface area contributed by atoms with Gasteiger partial charge < -0.3 is 0 Å². The molecule has 0 aliphatic rings. The highest BCUT2D eigenvalue weighted by atomic mass is 14.1. The van der Waals surface area contributed by atoms with E-state index in [1.807, 2.05) is 12.1 Å². The Balaban J connectivity index is 1.60. The van der Waals surface area contributed by atoms with E-state index in [1.165, 1.54) is 27.8 Å². The van der Waals surface area contributed by atoms with Gasteiger partial charge in [0.15, 0.2) is 0 Å². The van der Waals surface area contributed by atoms with Gasteiger partial charge in [0.25, 0.3) is 0 Å². The lowest BCUT2D eigenvalue weighted by molar-refractivity contribution is 1.57. The Morgan fingerprint density at radius 2 is 0.833 bits per heavy atom. The van der Waals surface area contributed by atoms with E-state index in [0.29, 0.717) is 0 Å². The van der Waals surface area contributed by atoms with Crippen molar-refractivity contribution >= 4 is 0 Å². The highest BCUT2D eigenvalue weighted by Gasteiger charge is 2.02. The summed E-state index contributed by atoms with van der Waals surface area (Å²) in [7, 11) is 0. The summed E-state index contributed by atoms with van der Waals surface area (Å²) in [6, 6.07) is 39.3. The maximum Gasteiger partial charge on any atom is -0.00928 e. The fourth-order valence-corrected chi connectivity index (χ4v) is 2.89. The van der Waals surface area contributed by atoms with Gasteiger partial charge in [0, 0.05) is 0 Å². The molecule has 4 rings (SSSR count). The van der Waals surface area contributed by atoms with Gasteiger partial charge in [0.1, 0.15) is 0 Å². The van der Waals surface area contributed by atoms with Crippen molar-refractivity contribution in [3.05, 3.63) is 109 Å². The Kier molecular flexibility index (Phi) is 3.95. The van der Waals surface area contributed by atoms with Crippen LogP contribution in [-0.2, 0) is 0 Å². The quantitative estimate of drug-likeness (QED) is 0.406. The van der Waals surface area contributed by atoms with Crippen molar-refractivity contribution < 1.29 is 0 Å². The minimum absolute atomic E-state index is 1.12. The summed E-state index contributed by atoms with van der Waals surface area (Å²) in [6.45, 7) is 0. The summed E-state index contributed by atoms with van der Waals surface area (Å²) in [5.74, 6) is 0. The van der Waals surface area contributed by atoms with Gasteiger partial charge in [-0.2, -0.15) is 0 Å². The van der Waals surface area contributed by atoms with E-state index < -0.39 is 0 Å². The third-order valence-electron chi connectivity index (χ3n) is 4.22. The van der Waals surface area contributed by atoms with E-state index in [4.69, 9.17) is 0 Å². The van der Waals surface area contributed by atoms with Gasteiger partial charge in [-0.05, 0) is 45.5 Å². The van der Waals surface area contributed by atoms with Gasteiger partial charge in [0.2, 0.25) is 0 Å². The number of hydrogen-bond acceptors (Lipinski definition) is 0. The van der Waals surface area contributed by atoms with Gasteiger partial charge in [0.05, 0.1) is 0 Å². The van der Waals surface area contributed by atoms with Crippen LogP contribution < -0.4 is 0 Å². The molecule has 0 heteroatoms. The molecule has 0 bridgehead atoms. The fraction of sp³-hybridized carbons (Fsp3) is 0. The monoisotopic (exact) mass is 305 g/mol. The van der Waals surface area contributed by atoms with Gasteiger partial charge >= 0.3 is 0 Å². The van der Waals surface area contributed by atoms with Crippen LogP contribution in [0.25, 0.3) is 33.4 Å². The van der Waals surface area contributed by atoms with Crippen molar-refractivity contribution in [2.45, 2.75) is 0 Å². The molecule has 0 N–H and O–H groups in total. The molecule has 4 aromatic carbocycles. The molecule has 113 valence electrons. The van der Waals surface area contributed by atoms with E-state index in [2.05, 4.69) is 97.1 Å². The molecule has 0 aliphatic carbocycles. The highest BCUT2D eigenvalue weighted by Crippen LogP contribution is 2.26. The first-order chi connectivity index (χ1) is 11.9. The van der Waals surface area contributed by atoms with Crippen LogP contribution in [0.2, 0.25) is 0 Å². The minimum Gasteiger partial charge on any atom is -0.0622 e. The maximum atomic E-state index is 3.41. The van der Waals surface area contributed by atoms with Crippen LogP contribution in [-0.4, -0.2) is 0 Å². The Hall–Kier alpha value is -3.12. The number of benzene rings is 4. The molecule has 0 fully saturated rings. The summed E-state index contributed by atoms with van der Waals surface area (Å²) in [5, 5.41) is 0. The van der Waals surface area contributed by atoms with E-state index in [-0.39, 0.29) is 0 Å². The van der Waals surface area contributed by atoms with Crippen molar-refractivity contribution in [2.24, 2.45) is 0 Å². The van der Waals surface area contributed by atoms with Crippen LogP contribution in [0.4, 0.5) is 0 Å². The van der Waals surface area contributed by atoms with Gasteiger partial charge in [-0.1, -0.05) is 97.1 Å². The smallest absolute Gasteiger partial charge is 0.00928 e.